The Morgan fingerprint density at radius 2 is 2.13 bits per heavy atom. The van der Waals surface area contributed by atoms with Crippen molar-refractivity contribution in [2.24, 2.45) is 0 Å². The van der Waals surface area contributed by atoms with Crippen LogP contribution in [0.15, 0.2) is 33.5 Å². The van der Waals surface area contributed by atoms with Crippen LogP contribution in [0.1, 0.15) is 36.8 Å². The van der Waals surface area contributed by atoms with Crippen molar-refractivity contribution in [2.45, 2.75) is 50.4 Å². The zero-order valence-corrected chi connectivity index (χ0v) is 25.4. The van der Waals surface area contributed by atoms with Gasteiger partial charge < -0.3 is 29.1 Å². The van der Waals surface area contributed by atoms with Crippen LogP contribution in [0.2, 0.25) is 0 Å². The Kier molecular flexibility index (Phi) is 8.00. The molecular weight excluding hydrogens is 598 g/mol. The van der Waals surface area contributed by atoms with E-state index in [0.717, 1.165) is 19.4 Å². The van der Waals surface area contributed by atoms with Gasteiger partial charge in [0.15, 0.2) is 0 Å². The third-order valence-corrected chi connectivity index (χ3v) is 9.30. The van der Waals surface area contributed by atoms with Crippen LogP contribution in [0, 0.1) is 25.1 Å². The molecule has 0 spiro atoms. The Labute approximate surface area is 263 Å². The zero-order valence-electron chi connectivity index (χ0n) is 25.4. The lowest BCUT2D eigenvalue weighted by Crippen LogP contribution is -2.43. The summed E-state index contributed by atoms with van der Waals surface area (Å²) in [5.74, 6) is 1.93. The molecule has 2 aromatic heterocycles. The summed E-state index contributed by atoms with van der Waals surface area (Å²) in [6.45, 7) is 5.03. The molecule has 2 N–H and O–H groups in total. The van der Waals surface area contributed by atoms with Crippen LogP contribution in [0.4, 0.5) is 14.6 Å². The number of ether oxygens (including phenoxy) is 3. The Balaban J connectivity index is 1.33. The van der Waals surface area contributed by atoms with Gasteiger partial charge in [0.25, 0.3) is 0 Å². The molecule has 3 aliphatic rings. The summed E-state index contributed by atoms with van der Waals surface area (Å²) in [7, 11) is 0. The molecule has 0 saturated carbocycles. The quantitative estimate of drug-likeness (QED) is 0.265. The SMILES string of the molecule is C#Cc1c(F)ccc2cc(O)cc(-c3oc(=O)c4c(NCCC5COCCO5)nc(OC[C@@]56CCCN5C[C@H](F)C6)nc4c3C)c12. The number of aromatic hydroxyl groups is 1. The van der Waals surface area contributed by atoms with Crippen molar-refractivity contribution in [3.63, 3.8) is 0 Å². The van der Waals surface area contributed by atoms with E-state index in [0.29, 0.717) is 62.1 Å². The largest absolute Gasteiger partial charge is 0.508 e. The average Bonchev–Trinajstić information content (AvgIpc) is 3.57. The minimum absolute atomic E-state index is 0.0200. The Hall–Kier alpha value is -4.31. The molecule has 0 radical (unpaired) electrons. The van der Waals surface area contributed by atoms with Crippen molar-refractivity contribution >= 4 is 27.5 Å². The van der Waals surface area contributed by atoms with E-state index in [2.05, 4.69) is 26.1 Å². The maximum Gasteiger partial charge on any atom is 0.349 e. The molecule has 7 rings (SSSR count). The molecule has 240 valence electrons. The number of anilines is 1. The van der Waals surface area contributed by atoms with Gasteiger partial charge >= 0.3 is 11.6 Å². The summed E-state index contributed by atoms with van der Waals surface area (Å²) >= 11 is 0. The van der Waals surface area contributed by atoms with Gasteiger partial charge in [-0.05, 0) is 56.3 Å². The number of fused-ring (bicyclic) bond motifs is 3. The van der Waals surface area contributed by atoms with E-state index in [1.165, 1.54) is 24.3 Å². The van der Waals surface area contributed by atoms with Gasteiger partial charge in [-0.15, -0.1) is 6.42 Å². The predicted octanol–water partition coefficient (Wildman–Crippen LogP) is 4.71. The number of nitrogens with one attached hydrogen (secondary N) is 1. The van der Waals surface area contributed by atoms with Crippen LogP contribution in [0.25, 0.3) is 33.0 Å². The maximum atomic E-state index is 14.9. The monoisotopic (exact) mass is 632 g/mol. The summed E-state index contributed by atoms with van der Waals surface area (Å²) in [6.07, 6.45) is 7.40. The standard InChI is InChI=1S/C34H34F2N4O6/c1-3-24-26(36)6-5-20-13-22(41)14-25(27(20)24)30-19(2)29-28(32(42)46-30)31(37-9-7-23-17-43-11-12-44-23)39-33(38-29)45-18-34-8-4-10-40(34)16-21(35)15-34/h1,5-6,13-14,21,23,41H,4,7-12,15-18H2,2H3,(H,37,38,39)/t21-,23?,34+/m1/s1. The molecule has 46 heavy (non-hydrogen) atoms. The number of terminal acetylenes is 1. The number of nitrogens with zero attached hydrogens (tertiary/aromatic N) is 3. The van der Waals surface area contributed by atoms with Crippen LogP contribution >= 0.6 is 0 Å². The van der Waals surface area contributed by atoms with E-state index < -0.39 is 23.2 Å². The molecule has 3 fully saturated rings. The van der Waals surface area contributed by atoms with Crippen LogP contribution in [-0.4, -0.2) is 83.9 Å². The van der Waals surface area contributed by atoms with E-state index in [-0.39, 0.29) is 58.1 Å². The van der Waals surface area contributed by atoms with Gasteiger partial charge in [-0.3, -0.25) is 4.90 Å². The van der Waals surface area contributed by atoms with Crippen molar-refractivity contribution < 1.29 is 32.5 Å². The summed E-state index contributed by atoms with van der Waals surface area (Å²) in [5.41, 5.74) is -0.283. The lowest BCUT2D eigenvalue weighted by atomic mass is 9.95. The predicted molar refractivity (Wildman–Crippen MR) is 168 cm³/mol. The highest BCUT2D eigenvalue weighted by Crippen LogP contribution is 2.41. The van der Waals surface area contributed by atoms with E-state index in [4.69, 9.17) is 25.1 Å². The van der Waals surface area contributed by atoms with Crippen molar-refractivity contribution in [2.75, 3.05) is 51.4 Å². The number of phenols is 1. The average molecular weight is 633 g/mol. The molecule has 0 amide bonds. The smallest absolute Gasteiger partial charge is 0.349 e. The van der Waals surface area contributed by atoms with E-state index in [9.17, 15) is 18.7 Å². The minimum atomic E-state index is -0.922. The molecule has 3 atom stereocenters. The highest BCUT2D eigenvalue weighted by Gasteiger charge is 2.49. The molecule has 2 aromatic carbocycles. The van der Waals surface area contributed by atoms with Crippen LogP contribution in [0.3, 0.4) is 0 Å². The Morgan fingerprint density at radius 1 is 1.26 bits per heavy atom. The van der Waals surface area contributed by atoms with E-state index in [1.807, 2.05) is 0 Å². The number of halogens is 2. The number of aryl methyl sites for hydroxylation is 1. The lowest BCUT2D eigenvalue weighted by Gasteiger charge is -2.30. The van der Waals surface area contributed by atoms with Crippen molar-refractivity contribution in [1.29, 1.82) is 0 Å². The highest BCUT2D eigenvalue weighted by molar-refractivity contribution is 6.03. The Morgan fingerprint density at radius 3 is 2.93 bits per heavy atom. The zero-order chi connectivity index (χ0) is 32.0. The van der Waals surface area contributed by atoms with E-state index in [1.54, 1.807) is 6.92 Å². The second kappa shape index (κ2) is 12.1. The molecule has 1 unspecified atom stereocenters. The third-order valence-electron chi connectivity index (χ3n) is 9.30. The van der Waals surface area contributed by atoms with Crippen molar-refractivity contribution in [1.82, 2.24) is 14.9 Å². The number of hydrogen-bond donors (Lipinski definition) is 2. The summed E-state index contributed by atoms with van der Waals surface area (Å²) < 4.78 is 52.6. The fraction of sp³-hybridized carbons (Fsp3) is 0.441. The van der Waals surface area contributed by atoms with Gasteiger partial charge in [-0.1, -0.05) is 12.0 Å². The first kappa shape index (κ1) is 30.3. The fourth-order valence-corrected chi connectivity index (χ4v) is 7.13. The number of benzene rings is 2. The molecule has 12 heteroatoms. The summed E-state index contributed by atoms with van der Waals surface area (Å²) in [6, 6.07) is 5.58. The van der Waals surface area contributed by atoms with Gasteiger partial charge in [0.1, 0.15) is 41.3 Å². The number of hydrogen-bond acceptors (Lipinski definition) is 10. The van der Waals surface area contributed by atoms with Gasteiger partial charge in [0.05, 0.1) is 42.5 Å². The molecule has 3 saturated heterocycles. The molecule has 4 aromatic rings. The highest BCUT2D eigenvalue weighted by atomic mass is 19.1. The fourth-order valence-electron chi connectivity index (χ4n) is 7.13. The molecule has 0 aliphatic carbocycles. The number of alkyl halides is 1. The molecule has 10 nitrogen and oxygen atoms in total. The van der Waals surface area contributed by atoms with Crippen LogP contribution in [0.5, 0.6) is 11.8 Å². The first-order valence-electron chi connectivity index (χ1n) is 15.5. The van der Waals surface area contributed by atoms with Gasteiger partial charge in [-0.2, -0.15) is 9.97 Å². The van der Waals surface area contributed by atoms with E-state index >= 15 is 0 Å². The summed E-state index contributed by atoms with van der Waals surface area (Å²) in [5, 5.41) is 14.7. The molecule has 3 aliphatic heterocycles. The first-order chi connectivity index (χ1) is 22.3. The third kappa shape index (κ3) is 5.42. The second-order valence-electron chi connectivity index (χ2n) is 12.2. The number of aromatic nitrogens is 2. The Bertz CT molecular complexity index is 1920. The molecule has 5 heterocycles. The first-order valence-corrected chi connectivity index (χ1v) is 15.5. The van der Waals surface area contributed by atoms with Gasteiger partial charge in [0.2, 0.25) is 0 Å². The van der Waals surface area contributed by atoms with Gasteiger partial charge in [-0.25, -0.2) is 13.6 Å². The lowest BCUT2D eigenvalue weighted by molar-refractivity contribution is -0.0892. The van der Waals surface area contributed by atoms with Crippen molar-refractivity contribution in [3.05, 3.63) is 51.6 Å². The normalized spacial score (nSPS) is 23.1. The van der Waals surface area contributed by atoms with Gasteiger partial charge in [0, 0.05) is 36.0 Å². The second-order valence-corrected chi connectivity index (χ2v) is 12.2. The summed E-state index contributed by atoms with van der Waals surface area (Å²) in [4.78, 5) is 25.1. The molecule has 0 bridgehead atoms. The van der Waals surface area contributed by atoms with Crippen LogP contribution < -0.4 is 15.7 Å². The number of rotatable bonds is 8. The van der Waals surface area contributed by atoms with Crippen LogP contribution in [-0.2, 0) is 9.47 Å². The topological polar surface area (TPSA) is 119 Å². The van der Waals surface area contributed by atoms with Crippen molar-refractivity contribution in [3.8, 4) is 35.4 Å². The molecular formula is C34H34F2N4O6. The number of phenolic OH excluding ortho intramolecular Hbond substituents is 1. The maximum absolute atomic E-state index is 14.9. The minimum Gasteiger partial charge on any atom is -0.508 e.